The molecule has 0 radical (unpaired) electrons. The van der Waals surface area contributed by atoms with Crippen LogP contribution < -0.4 is 0 Å². The SMILES string of the molecule is CCCCCCCCCCCCCCCC(=O)OCCOCCOCCOCCOCCOCCOCCOCCOCCOCCOCCOCCOCCN(C)C. The molecule has 59 heavy (non-hydrogen) atoms. The molecule has 0 aliphatic carbocycles. The second-order valence-electron chi connectivity index (χ2n) is 14.4. The standard InChI is InChI=1S/C44H89NO14/c1-4-5-6-7-8-9-10-11-12-13-14-15-16-17-44(46)59-43-42-58-41-40-57-39-38-56-37-36-55-35-34-54-33-32-53-31-30-52-29-28-51-27-26-50-25-24-49-23-22-48-21-20-47-19-18-45(2)3/h4-43H2,1-3H3. The molecule has 0 N–H and O–H groups in total. The minimum absolute atomic E-state index is 0.132. The summed E-state index contributed by atoms with van der Waals surface area (Å²) in [7, 11) is 4.04. The van der Waals surface area contributed by atoms with Crippen molar-refractivity contribution in [2.24, 2.45) is 0 Å². The maximum atomic E-state index is 11.9. The maximum Gasteiger partial charge on any atom is 0.305 e. The van der Waals surface area contributed by atoms with E-state index in [-0.39, 0.29) is 12.6 Å². The first-order valence-electron chi connectivity index (χ1n) is 22.9. The molecule has 0 aromatic heterocycles. The van der Waals surface area contributed by atoms with Gasteiger partial charge in [-0.05, 0) is 20.5 Å². The van der Waals surface area contributed by atoms with Crippen LogP contribution in [-0.4, -0.2) is 197 Å². The summed E-state index contributed by atoms with van der Waals surface area (Å²) in [5, 5.41) is 0. The van der Waals surface area contributed by atoms with Crippen LogP contribution in [0.2, 0.25) is 0 Å². The summed E-state index contributed by atoms with van der Waals surface area (Å²) >= 11 is 0. The Labute approximate surface area is 359 Å². The molecule has 0 aromatic carbocycles. The highest BCUT2D eigenvalue weighted by molar-refractivity contribution is 5.69. The average Bonchev–Trinajstić information content (AvgIpc) is 3.23. The normalized spacial score (nSPS) is 11.7. The van der Waals surface area contributed by atoms with Crippen LogP contribution >= 0.6 is 0 Å². The van der Waals surface area contributed by atoms with Gasteiger partial charge in [-0.2, -0.15) is 0 Å². The molecule has 0 spiro atoms. The number of ether oxygens (including phenoxy) is 13. The van der Waals surface area contributed by atoms with Gasteiger partial charge in [0.25, 0.3) is 0 Å². The zero-order valence-corrected chi connectivity index (χ0v) is 37.9. The Morgan fingerprint density at radius 2 is 0.525 bits per heavy atom. The van der Waals surface area contributed by atoms with Crippen molar-refractivity contribution in [2.45, 2.75) is 96.8 Å². The summed E-state index contributed by atoms with van der Waals surface area (Å²) in [6, 6.07) is 0. The lowest BCUT2D eigenvalue weighted by molar-refractivity contribution is -0.145. The van der Waals surface area contributed by atoms with Crippen LogP contribution in [-0.2, 0) is 66.4 Å². The third-order valence-electron chi connectivity index (χ3n) is 8.75. The number of hydrogen-bond donors (Lipinski definition) is 0. The molecule has 0 aliphatic rings. The predicted molar refractivity (Wildman–Crippen MR) is 230 cm³/mol. The topological polar surface area (TPSA) is 140 Å². The Kier molecular flexibility index (Phi) is 52.1. The van der Waals surface area contributed by atoms with E-state index < -0.39 is 0 Å². The smallest absolute Gasteiger partial charge is 0.305 e. The minimum Gasteiger partial charge on any atom is -0.463 e. The molecule has 0 heterocycles. The van der Waals surface area contributed by atoms with E-state index in [9.17, 15) is 4.79 Å². The molecule has 15 heteroatoms. The van der Waals surface area contributed by atoms with E-state index in [1.807, 2.05) is 14.1 Å². The molecular weight excluding hydrogens is 766 g/mol. The van der Waals surface area contributed by atoms with E-state index in [1.54, 1.807) is 0 Å². The largest absolute Gasteiger partial charge is 0.463 e. The third kappa shape index (κ3) is 54.9. The van der Waals surface area contributed by atoms with Gasteiger partial charge in [0.2, 0.25) is 0 Å². The number of hydrogen-bond acceptors (Lipinski definition) is 15. The molecule has 15 nitrogen and oxygen atoms in total. The van der Waals surface area contributed by atoms with Crippen molar-refractivity contribution >= 4 is 5.97 Å². The fourth-order valence-electron chi connectivity index (χ4n) is 5.34. The van der Waals surface area contributed by atoms with E-state index in [0.717, 1.165) is 19.4 Å². The lowest BCUT2D eigenvalue weighted by Crippen LogP contribution is -2.19. The Morgan fingerprint density at radius 1 is 0.305 bits per heavy atom. The molecule has 0 bridgehead atoms. The average molecular weight is 856 g/mol. The van der Waals surface area contributed by atoms with E-state index in [4.69, 9.17) is 61.6 Å². The molecule has 0 unspecified atom stereocenters. The highest BCUT2D eigenvalue weighted by atomic mass is 16.6. The number of carbonyl (C=O) groups is 1. The van der Waals surface area contributed by atoms with E-state index in [2.05, 4.69) is 11.8 Å². The van der Waals surface area contributed by atoms with Crippen molar-refractivity contribution in [2.75, 3.05) is 186 Å². The van der Waals surface area contributed by atoms with Crippen molar-refractivity contribution in [3.05, 3.63) is 0 Å². The molecule has 0 saturated carbocycles. The van der Waals surface area contributed by atoms with E-state index >= 15 is 0 Å². The Morgan fingerprint density at radius 3 is 0.780 bits per heavy atom. The summed E-state index contributed by atoms with van der Waals surface area (Å²) in [5.74, 6) is -0.132. The van der Waals surface area contributed by atoms with Crippen LogP contribution in [0.3, 0.4) is 0 Å². The third-order valence-corrected chi connectivity index (χ3v) is 8.75. The van der Waals surface area contributed by atoms with Crippen LogP contribution in [0.25, 0.3) is 0 Å². The van der Waals surface area contributed by atoms with Crippen LogP contribution in [0.1, 0.15) is 96.8 Å². The van der Waals surface area contributed by atoms with Gasteiger partial charge in [-0.15, -0.1) is 0 Å². The van der Waals surface area contributed by atoms with Gasteiger partial charge in [-0.1, -0.05) is 84.0 Å². The molecule has 0 atom stereocenters. The molecule has 0 fully saturated rings. The van der Waals surface area contributed by atoms with Crippen molar-refractivity contribution < 1.29 is 66.4 Å². The van der Waals surface area contributed by atoms with Crippen LogP contribution in [0.15, 0.2) is 0 Å². The van der Waals surface area contributed by atoms with Crippen LogP contribution in [0.4, 0.5) is 0 Å². The highest BCUT2D eigenvalue weighted by Gasteiger charge is 2.03. The van der Waals surface area contributed by atoms with E-state index in [0.29, 0.717) is 165 Å². The first-order valence-corrected chi connectivity index (χ1v) is 22.9. The second-order valence-corrected chi connectivity index (χ2v) is 14.4. The number of esters is 1. The fourth-order valence-corrected chi connectivity index (χ4v) is 5.34. The van der Waals surface area contributed by atoms with Gasteiger partial charge in [0.15, 0.2) is 0 Å². The summed E-state index contributed by atoms with van der Waals surface area (Å²) in [6.45, 7) is 15.8. The Balaban J connectivity index is 3.12. The molecule has 0 aromatic rings. The zero-order chi connectivity index (χ0) is 42.6. The summed E-state index contributed by atoms with van der Waals surface area (Å²) in [6.07, 6.45) is 17.3. The van der Waals surface area contributed by atoms with Gasteiger partial charge in [-0.3, -0.25) is 4.79 Å². The van der Waals surface area contributed by atoms with Crippen molar-refractivity contribution in [1.82, 2.24) is 4.90 Å². The van der Waals surface area contributed by atoms with Crippen molar-refractivity contribution in [3.8, 4) is 0 Å². The van der Waals surface area contributed by atoms with Gasteiger partial charge >= 0.3 is 5.97 Å². The van der Waals surface area contributed by atoms with Crippen LogP contribution in [0, 0.1) is 0 Å². The number of likely N-dealkylation sites (N-methyl/N-ethyl adjacent to an activating group) is 1. The van der Waals surface area contributed by atoms with Gasteiger partial charge in [0.05, 0.1) is 159 Å². The van der Waals surface area contributed by atoms with Gasteiger partial charge in [-0.25, -0.2) is 0 Å². The minimum atomic E-state index is -0.132. The number of unbranched alkanes of at least 4 members (excludes halogenated alkanes) is 12. The Bertz CT molecular complexity index is 786. The zero-order valence-electron chi connectivity index (χ0n) is 37.9. The highest BCUT2D eigenvalue weighted by Crippen LogP contribution is 2.13. The lowest BCUT2D eigenvalue weighted by atomic mass is 10.0. The van der Waals surface area contributed by atoms with Crippen molar-refractivity contribution in [3.63, 3.8) is 0 Å². The lowest BCUT2D eigenvalue weighted by Gasteiger charge is -2.10. The van der Waals surface area contributed by atoms with Crippen LogP contribution in [0.5, 0.6) is 0 Å². The number of nitrogens with zero attached hydrogens (tertiary/aromatic N) is 1. The maximum absolute atomic E-state index is 11.9. The van der Waals surface area contributed by atoms with Gasteiger partial charge in [0, 0.05) is 13.0 Å². The first kappa shape index (κ1) is 58.0. The first-order chi connectivity index (χ1) is 29.2. The fraction of sp³-hybridized carbons (Fsp3) is 0.977. The monoisotopic (exact) mass is 856 g/mol. The number of rotatable bonds is 53. The molecule has 0 amide bonds. The van der Waals surface area contributed by atoms with E-state index in [1.165, 1.54) is 70.6 Å². The number of carbonyl (C=O) groups excluding carboxylic acids is 1. The van der Waals surface area contributed by atoms with Gasteiger partial charge in [0.1, 0.15) is 6.61 Å². The molecule has 354 valence electrons. The quantitative estimate of drug-likeness (QED) is 0.0540. The molecular formula is C44H89NO14. The summed E-state index contributed by atoms with van der Waals surface area (Å²) < 4.78 is 71.2. The summed E-state index contributed by atoms with van der Waals surface area (Å²) in [4.78, 5) is 14.0. The molecule has 0 aliphatic heterocycles. The summed E-state index contributed by atoms with van der Waals surface area (Å²) in [5.41, 5.74) is 0. The Hall–Kier alpha value is -1.05. The predicted octanol–water partition coefficient (Wildman–Crippen LogP) is 5.77. The van der Waals surface area contributed by atoms with Crippen molar-refractivity contribution in [1.29, 1.82) is 0 Å². The van der Waals surface area contributed by atoms with Gasteiger partial charge < -0.3 is 66.5 Å². The molecule has 0 saturated heterocycles. The molecule has 0 rings (SSSR count). The second kappa shape index (κ2) is 53.1.